The fourth-order valence-electron chi connectivity index (χ4n) is 1.79. The summed E-state index contributed by atoms with van der Waals surface area (Å²) in [5.41, 5.74) is 6.90. The monoisotopic (exact) mass is 247 g/mol. The lowest BCUT2D eigenvalue weighted by atomic mass is 10.0. The Morgan fingerprint density at radius 2 is 2.17 bits per heavy atom. The highest BCUT2D eigenvalue weighted by Crippen LogP contribution is 2.21. The number of carbonyl (C=O) groups excluding carboxylic acids is 1. The predicted octanol–water partition coefficient (Wildman–Crippen LogP) is 3.60. The van der Waals surface area contributed by atoms with E-state index < -0.39 is 0 Å². The molecule has 0 unspecified atom stereocenters. The number of hydrogen-bond acceptors (Lipinski definition) is 3. The molecule has 0 aliphatic carbocycles. The van der Waals surface area contributed by atoms with Gasteiger partial charge >= 0.3 is 0 Å². The third-order valence-corrected chi connectivity index (χ3v) is 2.87. The highest BCUT2D eigenvalue weighted by Gasteiger charge is 2.10. The SMILES string of the molecule is C=CCCCCCC(=O)c1cc(OC)ccc1N. The molecular formula is C15H21NO2. The van der Waals surface area contributed by atoms with Crippen LogP contribution in [0, 0.1) is 0 Å². The van der Waals surface area contributed by atoms with Crippen molar-refractivity contribution in [3.05, 3.63) is 36.4 Å². The maximum Gasteiger partial charge on any atom is 0.165 e. The molecule has 98 valence electrons. The summed E-state index contributed by atoms with van der Waals surface area (Å²) in [7, 11) is 1.58. The molecule has 0 radical (unpaired) electrons. The van der Waals surface area contributed by atoms with Crippen LogP contribution in [-0.2, 0) is 0 Å². The number of allylic oxidation sites excluding steroid dienone is 1. The number of ether oxygens (including phenoxy) is 1. The molecule has 3 heteroatoms. The van der Waals surface area contributed by atoms with Crippen molar-refractivity contribution in [3.8, 4) is 5.75 Å². The van der Waals surface area contributed by atoms with E-state index >= 15 is 0 Å². The first-order valence-corrected chi connectivity index (χ1v) is 6.26. The molecule has 2 N–H and O–H groups in total. The van der Waals surface area contributed by atoms with Crippen molar-refractivity contribution in [2.45, 2.75) is 32.1 Å². The summed E-state index contributed by atoms with van der Waals surface area (Å²) in [5.74, 6) is 0.754. The van der Waals surface area contributed by atoms with Crippen molar-refractivity contribution >= 4 is 11.5 Å². The zero-order chi connectivity index (χ0) is 13.4. The normalized spacial score (nSPS) is 10.1. The van der Waals surface area contributed by atoms with E-state index in [0.29, 0.717) is 23.4 Å². The minimum absolute atomic E-state index is 0.0880. The van der Waals surface area contributed by atoms with E-state index in [9.17, 15) is 4.79 Å². The average molecular weight is 247 g/mol. The van der Waals surface area contributed by atoms with Gasteiger partial charge in [0.1, 0.15) is 5.75 Å². The van der Waals surface area contributed by atoms with Gasteiger partial charge in [-0.3, -0.25) is 4.79 Å². The molecule has 0 fully saturated rings. The maximum atomic E-state index is 12.0. The molecule has 1 aromatic rings. The van der Waals surface area contributed by atoms with Crippen molar-refractivity contribution in [1.82, 2.24) is 0 Å². The second-order valence-electron chi connectivity index (χ2n) is 4.26. The molecule has 0 aliphatic rings. The van der Waals surface area contributed by atoms with E-state index in [4.69, 9.17) is 10.5 Å². The molecule has 0 saturated carbocycles. The molecule has 0 aromatic heterocycles. The number of carbonyl (C=O) groups is 1. The summed E-state index contributed by atoms with van der Waals surface area (Å²) in [5, 5.41) is 0. The molecule has 1 aromatic carbocycles. The van der Waals surface area contributed by atoms with E-state index in [0.717, 1.165) is 25.7 Å². The smallest absolute Gasteiger partial charge is 0.165 e. The van der Waals surface area contributed by atoms with Gasteiger partial charge in [-0.1, -0.05) is 12.5 Å². The Balaban J connectivity index is 2.52. The Morgan fingerprint density at radius 1 is 1.39 bits per heavy atom. The first-order valence-electron chi connectivity index (χ1n) is 6.26. The predicted molar refractivity (Wildman–Crippen MR) is 75.0 cm³/mol. The van der Waals surface area contributed by atoms with Gasteiger partial charge in [0.25, 0.3) is 0 Å². The number of ketones is 1. The Hall–Kier alpha value is -1.77. The summed E-state index contributed by atoms with van der Waals surface area (Å²) >= 11 is 0. The third kappa shape index (κ3) is 4.24. The van der Waals surface area contributed by atoms with Gasteiger partial charge in [-0.25, -0.2) is 0 Å². The molecule has 0 aliphatic heterocycles. The second-order valence-corrected chi connectivity index (χ2v) is 4.26. The van der Waals surface area contributed by atoms with Gasteiger partial charge < -0.3 is 10.5 Å². The number of methoxy groups -OCH3 is 1. The zero-order valence-corrected chi connectivity index (χ0v) is 10.9. The quantitative estimate of drug-likeness (QED) is 0.330. The zero-order valence-electron chi connectivity index (χ0n) is 10.9. The molecule has 18 heavy (non-hydrogen) atoms. The largest absolute Gasteiger partial charge is 0.497 e. The number of unbranched alkanes of at least 4 members (excludes halogenated alkanes) is 3. The van der Waals surface area contributed by atoms with Gasteiger partial charge in [0, 0.05) is 17.7 Å². The van der Waals surface area contributed by atoms with Crippen LogP contribution in [0.15, 0.2) is 30.9 Å². The molecule has 1 rings (SSSR count). The van der Waals surface area contributed by atoms with Crippen LogP contribution in [-0.4, -0.2) is 12.9 Å². The molecule has 0 atom stereocenters. The van der Waals surface area contributed by atoms with Gasteiger partial charge in [0.15, 0.2) is 5.78 Å². The summed E-state index contributed by atoms with van der Waals surface area (Å²) in [6.07, 6.45) is 6.47. The van der Waals surface area contributed by atoms with E-state index in [1.807, 2.05) is 6.08 Å². The first-order chi connectivity index (χ1) is 8.69. The van der Waals surface area contributed by atoms with Crippen LogP contribution in [0.25, 0.3) is 0 Å². The molecule has 0 heterocycles. The lowest BCUT2D eigenvalue weighted by Gasteiger charge is -2.07. The molecule has 0 spiro atoms. The minimum atomic E-state index is 0.0880. The van der Waals surface area contributed by atoms with Gasteiger partial charge in [0.2, 0.25) is 0 Å². The maximum absolute atomic E-state index is 12.0. The van der Waals surface area contributed by atoms with Crippen LogP contribution >= 0.6 is 0 Å². The fraction of sp³-hybridized carbons (Fsp3) is 0.400. The lowest BCUT2D eigenvalue weighted by Crippen LogP contribution is -2.04. The third-order valence-electron chi connectivity index (χ3n) is 2.87. The standard InChI is InChI=1S/C15H21NO2/c1-3-4-5-6-7-8-15(17)13-11-12(18-2)9-10-14(13)16/h3,9-11H,1,4-8,16H2,2H3. The topological polar surface area (TPSA) is 52.3 Å². The molecule has 0 bridgehead atoms. The Labute approximate surface area is 109 Å². The van der Waals surface area contributed by atoms with Crippen molar-refractivity contribution in [3.63, 3.8) is 0 Å². The van der Waals surface area contributed by atoms with Crippen LogP contribution in [0.4, 0.5) is 5.69 Å². The number of benzene rings is 1. The summed E-state index contributed by atoms with van der Waals surface area (Å²) in [4.78, 5) is 12.0. The fourth-order valence-corrected chi connectivity index (χ4v) is 1.79. The van der Waals surface area contributed by atoms with Crippen molar-refractivity contribution in [2.24, 2.45) is 0 Å². The van der Waals surface area contributed by atoms with Crippen LogP contribution in [0.5, 0.6) is 5.75 Å². The summed E-state index contributed by atoms with van der Waals surface area (Å²) in [6, 6.07) is 5.18. The van der Waals surface area contributed by atoms with Crippen LogP contribution in [0.1, 0.15) is 42.5 Å². The van der Waals surface area contributed by atoms with Gasteiger partial charge in [0.05, 0.1) is 7.11 Å². The van der Waals surface area contributed by atoms with E-state index in [-0.39, 0.29) is 5.78 Å². The van der Waals surface area contributed by atoms with Crippen molar-refractivity contribution in [2.75, 3.05) is 12.8 Å². The molecule has 0 amide bonds. The Kier molecular flexibility index (Phi) is 5.98. The number of hydrogen-bond donors (Lipinski definition) is 1. The number of nitrogens with two attached hydrogens (primary N) is 1. The summed E-state index contributed by atoms with van der Waals surface area (Å²) < 4.78 is 5.10. The van der Waals surface area contributed by atoms with E-state index in [1.54, 1.807) is 25.3 Å². The number of nitrogen functional groups attached to an aromatic ring is 1. The van der Waals surface area contributed by atoms with Crippen LogP contribution in [0.3, 0.4) is 0 Å². The summed E-state index contributed by atoms with van der Waals surface area (Å²) in [6.45, 7) is 3.67. The lowest BCUT2D eigenvalue weighted by molar-refractivity contribution is 0.0979. The minimum Gasteiger partial charge on any atom is -0.497 e. The highest BCUT2D eigenvalue weighted by molar-refractivity contribution is 6.01. The van der Waals surface area contributed by atoms with Crippen molar-refractivity contribution in [1.29, 1.82) is 0 Å². The number of anilines is 1. The highest BCUT2D eigenvalue weighted by atomic mass is 16.5. The molecular weight excluding hydrogens is 226 g/mol. The van der Waals surface area contributed by atoms with Crippen LogP contribution in [0.2, 0.25) is 0 Å². The van der Waals surface area contributed by atoms with Crippen LogP contribution < -0.4 is 10.5 Å². The van der Waals surface area contributed by atoms with Gasteiger partial charge in [-0.2, -0.15) is 0 Å². The second kappa shape index (κ2) is 7.54. The Morgan fingerprint density at radius 3 is 2.83 bits per heavy atom. The van der Waals surface area contributed by atoms with Gasteiger partial charge in [-0.15, -0.1) is 6.58 Å². The molecule has 3 nitrogen and oxygen atoms in total. The Bertz CT molecular complexity index is 413. The van der Waals surface area contributed by atoms with E-state index in [1.165, 1.54) is 0 Å². The average Bonchev–Trinajstić information content (AvgIpc) is 2.39. The number of Topliss-reactive ketones (excluding diaryl/α,β-unsaturated/α-hetero) is 1. The van der Waals surface area contributed by atoms with Gasteiger partial charge in [-0.05, 0) is 37.5 Å². The first kappa shape index (κ1) is 14.3. The molecule has 0 saturated heterocycles. The number of rotatable bonds is 8. The van der Waals surface area contributed by atoms with E-state index in [2.05, 4.69) is 6.58 Å². The van der Waals surface area contributed by atoms with Crippen molar-refractivity contribution < 1.29 is 9.53 Å².